The van der Waals surface area contributed by atoms with Crippen molar-refractivity contribution in [2.75, 3.05) is 20.0 Å². The molecule has 1 aliphatic heterocycles. The topological polar surface area (TPSA) is 81.0 Å². The van der Waals surface area contributed by atoms with E-state index in [1.807, 2.05) is 76.2 Å². The number of nitrogens with zero attached hydrogens (tertiary/aromatic N) is 2. The molecule has 0 atom stereocenters. The highest BCUT2D eigenvalue weighted by molar-refractivity contribution is 9.10. The van der Waals surface area contributed by atoms with E-state index < -0.39 is 7.82 Å². The van der Waals surface area contributed by atoms with Crippen LogP contribution in [-0.4, -0.2) is 29.8 Å². The zero-order valence-corrected chi connectivity index (χ0v) is 22.8. The molecule has 0 bridgehead atoms. The average molecular weight is 565 g/mol. The Bertz CT molecular complexity index is 1200. The van der Waals surface area contributed by atoms with Gasteiger partial charge in [0.2, 0.25) is 6.79 Å². The number of ether oxygens (including phenoxy) is 2. The van der Waals surface area contributed by atoms with Gasteiger partial charge in [0.15, 0.2) is 18.2 Å². The standard InChI is InChI=1S/C25H30BrN2O6P/c1-17(2)13-32-35(29,33-14-18(3)4)34-15-28-23(20-6-5-7-21(26)10-20)12-22(27-28)19-8-9-24-25(11-19)31-16-30-24/h5-12,17-18H,13-16H2,1-4H3. The van der Waals surface area contributed by atoms with Crippen LogP contribution in [0.2, 0.25) is 0 Å². The second-order valence-corrected chi connectivity index (χ2v) is 11.7. The second kappa shape index (κ2) is 11.3. The van der Waals surface area contributed by atoms with Crippen LogP contribution in [0.1, 0.15) is 27.7 Å². The van der Waals surface area contributed by atoms with E-state index in [1.54, 1.807) is 4.68 Å². The minimum atomic E-state index is -3.79. The molecular formula is C25H30BrN2O6P. The summed E-state index contributed by atoms with van der Waals surface area (Å²) >= 11 is 3.53. The first kappa shape index (κ1) is 25.9. The summed E-state index contributed by atoms with van der Waals surface area (Å²) < 4.78 is 43.9. The summed E-state index contributed by atoms with van der Waals surface area (Å²) in [5.74, 6) is 1.73. The van der Waals surface area contributed by atoms with Crippen molar-refractivity contribution >= 4 is 23.8 Å². The van der Waals surface area contributed by atoms with Crippen LogP contribution in [-0.2, 0) is 24.9 Å². The van der Waals surface area contributed by atoms with E-state index in [-0.39, 0.29) is 38.6 Å². The Kier molecular flexibility index (Phi) is 8.34. The molecule has 0 saturated carbocycles. The highest BCUT2D eigenvalue weighted by Crippen LogP contribution is 2.50. The van der Waals surface area contributed by atoms with Gasteiger partial charge < -0.3 is 9.47 Å². The Morgan fingerprint density at radius 3 is 2.34 bits per heavy atom. The highest BCUT2D eigenvalue weighted by Gasteiger charge is 2.29. The maximum atomic E-state index is 13.4. The van der Waals surface area contributed by atoms with Gasteiger partial charge in [0.05, 0.1) is 24.6 Å². The predicted molar refractivity (Wildman–Crippen MR) is 137 cm³/mol. The van der Waals surface area contributed by atoms with Crippen LogP contribution in [0, 0.1) is 11.8 Å². The highest BCUT2D eigenvalue weighted by atomic mass is 79.9. The minimum Gasteiger partial charge on any atom is -0.454 e. The van der Waals surface area contributed by atoms with Gasteiger partial charge in [-0.25, -0.2) is 9.25 Å². The summed E-state index contributed by atoms with van der Waals surface area (Å²) in [5.41, 5.74) is 3.28. The number of phosphoric acid groups is 1. The molecule has 4 rings (SSSR count). The van der Waals surface area contributed by atoms with Crippen LogP contribution in [0.5, 0.6) is 11.5 Å². The maximum Gasteiger partial charge on any atom is 0.476 e. The summed E-state index contributed by atoms with van der Waals surface area (Å²) in [5, 5.41) is 4.75. The molecule has 0 aliphatic carbocycles. The molecular weight excluding hydrogens is 535 g/mol. The Balaban J connectivity index is 1.64. The fraction of sp³-hybridized carbons (Fsp3) is 0.400. The fourth-order valence-electron chi connectivity index (χ4n) is 3.31. The predicted octanol–water partition coefficient (Wildman–Crippen LogP) is 7.14. The third-order valence-corrected chi connectivity index (χ3v) is 6.89. The van der Waals surface area contributed by atoms with Crippen LogP contribution in [0.3, 0.4) is 0 Å². The van der Waals surface area contributed by atoms with Crippen LogP contribution < -0.4 is 9.47 Å². The molecule has 8 nitrogen and oxygen atoms in total. The molecule has 0 fully saturated rings. The number of phosphoric ester groups is 1. The van der Waals surface area contributed by atoms with Crippen molar-refractivity contribution in [3.05, 3.63) is 53.0 Å². The van der Waals surface area contributed by atoms with Crippen molar-refractivity contribution in [1.82, 2.24) is 9.78 Å². The van der Waals surface area contributed by atoms with E-state index in [1.165, 1.54) is 0 Å². The average Bonchev–Trinajstić information content (AvgIpc) is 3.47. The van der Waals surface area contributed by atoms with Crippen LogP contribution in [0.25, 0.3) is 22.5 Å². The van der Waals surface area contributed by atoms with Gasteiger partial charge in [0.25, 0.3) is 0 Å². The lowest BCUT2D eigenvalue weighted by molar-refractivity contribution is 0.0729. The Morgan fingerprint density at radius 1 is 0.943 bits per heavy atom. The smallest absolute Gasteiger partial charge is 0.454 e. The zero-order chi connectivity index (χ0) is 25.0. The number of hydrogen-bond donors (Lipinski definition) is 0. The normalized spacial score (nSPS) is 13.2. The molecule has 0 N–H and O–H groups in total. The van der Waals surface area contributed by atoms with Gasteiger partial charge in [-0.15, -0.1) is 0 Å². The molecule has 10 heteroatoms. The molecule has 0 spiro atoms. The van der Waals surface area contributed by atoms with Crippen molar-refractivity contribution in [2.45, 2.75) is 34.4 Å². The van der Waals surface area contributed by atoms with Crippen LogP contribution in [0.4, 0.5) is 0 Å². The first-order chi connectivity index (χ1) is 16.7. The van der Waals surface area contributed by atoms with Crippen molar-refractivity contribution in [3.63, 3.8) is 0 Å². The summed E-state index contributed by atoms with van der Waals surface area (Å²) in [6, 6.07) is 15.5. The van der Waals surface area contributed by atoms with Crippen LogP contribution in [0.15, 0.2) is 53.0 Å². The Hall–Kier alpha value is -2.16. The molecule has 0 amide bonds. The van der Waals surface area contributed by atoms with E-state index in [0.29, 0.717) is 17.2 Å². The first-order valence-corrected chi connectivity index (χ1v) is 13.8. The Morgan fingerprint density at radius 2 is 1.66 bits per heavy atom. The molecule has 2 aromatic carbocycles. The molecule has 188 valence electrons. The number of benzene rings is 2. The van der Waals surface area contributed by atoms with Gasteiger partial charge in [-0.1, -0.05) is 55.8 Å². The monoisotopic (exact) mass is 564 g/mol. The lowest BCUT2D eigenvalue weighted by Crippen LogP contribution is -2.11. The van der Waals surface area contributed by atoms with Crippen molar-refractivity contribution in [2.24, 2.45) is 11.8 Å². The summed E-state index contributed by atoms with van der Waals surface area (Å²) in [6.07, 6.45) is 0. The molecule has 0 radical (unpaired) electrons. The molecule has 3 aromatic rings. The van der Waals surface area contributed by atoms with E-state index >= 15 is 0 Å². The van der Waals surface area contributed by atoms with Crippen LogP contribution >= 0.6 is 23.8 Å². The summed E-state index contributed by atoms with van der Waals surface area (Å²) in [7, 11) is -3.79. The van der Waals surface area contributed by atoms with Crippen molar-refractivity contribution in [3.8, 4) is 34.0 Å². The van der Waals surface area contributed by atoms with Gasteiger partial charge >= 0.3 is 7.82 Å². The Labute approximate surface area is 214 Å². The lowest BCUT2D eigenvalue weighted by Gasteiger charge is -2.20. The molecule has 0 unspecified atom stereocenters. The summed E-state index contributed by atoms with van der Waals surface area (Å²) in [4.78, 5) is 0. The molecule has 0 saturated heterocycles. The quantitative estimate of drug-likeness (QED) is 0.229. The van der Waals surface area contributed by atoms with E-state index in [0.717, 1.165) is 21.3 Å². The fourth-order valence-corrected chi connectivity index (χ4v) is 5.15. The number of halogens is 1. The van der Waals surface area contributed by atoms with E-state index in [4.69, 9.17) is 28.1 Å². The largest absolute Gasteiger partial charge is 0.476 e. The van der Waals surface area contributed by atoms with Gasteiger partial charge in [-0.2, -0.15) is 5.10 Å². The minimum absolute atomic E-state index is 0.111. The van der Waals surface area contributed by atoms with E-state index in [2.05, 4.69) is 15.9 Å². The zero-order valence-electron chi connectivity index (χ0n) is 20.3. The lowest BCUT2D eigenvalue weighted by atomic mass is 10.1. The van der Waals surface area contributed by atoms with Gasteiger partial charge in [0.1, 0.15) is 0 Å². The molecule has 2 heterocycles. The summed E-state index contributed by atoms with van der Waals surface area (Å²) in [6.45, 7) is 8.51. The van der Waals surface area contributed by atoms with Crippen molar-refractivity contribution < 1.29 is 27.6 Å². The second-order valence-electron chi connectivity index (χ2n) is 9.08. The third-order valence-electron chi connectivity index (χ3n) is 5.04. The molecule has 1 aromatic heterocycles. The third kappa shape index (κ3) is 6.74. The number of fused-ring (bicyclic) bond motifs is 1. The van der Waals surface area contributed by atoms with Gasteiger partial charge in [-0.05, 0) is 48.2 Å². The SMILES string of the molecule is CC(C)COP(=O)(OCC(C)C)OCn1nc(-c2ccc3c(c2)OCO3)cc1-c1cccc(Br)c1. The maximum absolute atomic E-state index is 13.4. The van der Waals surface area contributed by atoms with Gasteiger partial charge in [-0.3, -0.25) is 13.6 Å². The van der Waals surface area contributed by atoms with Crippen molar-refractivity contribution in [1.29, 1.82) is 0 Å². The number of rotatable bonds is 11. The van der Waals surface area contributed by atoms with E-state index in [9.17, 15) is 4.57 Å². The number of aromatic nitrogens is 2. The number of hydrogen-bond acceptors (Lipinski definition) is 7. The molecule has 1 aliphatic rings. The first-order valence-electron chi connectivity index (χ1n) is 11.5. The molecule has 35 heavy (non-hydrogen) atoms. The van der Waals surface area contributed by atoms with Gasteiger partial charge in [0, 0.05) is 15.6 Å².